The van der Waals surface area contributed by atoms with Crippen molar-refractivity contribution in [3.8, 4) is 5.75 Å². The van der Waals surface area contributed by atoms with E-state index in [2.05, 4.69) is 0 Å². The molecule has 0 spiro atoms. The first-order valence-electron chi connectivity index (χ1n) is 10.6. The van der Waals surface area contributed by atoms with Crippen molar-refractivity contribution < 1.29 is 34.8 Å². The Morgan fingerprint density at radius 3 is 2.24 bits per heavy atom. The second kappa shape index (κ2) is 6.68. The largest absolute Gasteiger partial charge is 0.509 e. The zero-order valence-electron chi connectivity index (χ0n) is 19.1. The molecule has 176 valence electrons. The molecule has 2 unspecified atom stereocenters. The topological polar surface area (TPSA) is 161 Å². The van der Waals surface area contributed by atoms with Crippen LogP contribution in [0.1, 0.15) is 43.1 Å². The molecule has 0 saturated carbocycles. The summed E-state index contributed by atoms with van der Waals surface area (Å²) in [5.74, 6) is -6.72. The second-order valence-electron chi connectivity index (χ2n) is 10.1. The predicted molar refractivity (Wildman–Crippen MR) is 118 cm³/mol. The van der Waals surface area contributed by atoms with Crippen LogP contribution in [0.4, 0.5) is 0 Å². The van der Waals surface area contributed by atoms with Gasteiger partial charge in [0.05, 0.1) is 11.1 Å². The Bertz CT molecular complexity index is 1200. The molecule has 6 N–H and O–H groups in total. The van der Waals surface area contributed by atoms with E-state index < -0.39 is 63.0 Å². The third-order valence-corrected chi connectivity index (χ3v) is 8.16. The number of nitrogens with two attached hydrogens (primary N) is 1. The minimum atomic E-state index is -2.67. The van der Waals surface area contributed by atoms with Crippen LogP contribution < -0.4 is 5.73 Å². The van der Waals surface area contributed by atoms with Crippen LogP contribution in [-0.2, 0) is 15.0 Å². The highest BCUT2D eigenvalue weighted by Crippen LogP contribution is 2.59. The first-order chi connectivity index (χ1) is 15.1. The molecule has 0 heterocycles. The molecule has 9 nitrogen and oxygen atoms in total. The van der Waals surface area contributed by atoms with Crippen molar-refractivity contribution in [1.82, 2.24) is 4.90 Å². The number of nitrogens with zero attached hydrogens (tertiary/aromatic N) is 1. The highest BCUT2D eigenvalue weighted by Gasteiger charge is 2.68. The highest BCUT2D eigenvalue weighted by molar-refractivity contribution is 6.25. The lowest BCUT2D eigenvalue weighted by molar-refractivity contribution is -0.156. The highest BCUT2D eigenvalue weighted by atomic mass is 16.3. The molecule has 0 saturated heterocycles. The molecule has 4 rings (SSSR count). The number of allylic oxidation sites excluding steroid dienone is 1. The Balaban J connectivity index is 2.09. The summed E-state index contributed by atoms with van der Waals surface area (Å²) in [6.45, 7) is 5.24. The van der Waals surface area contributed by atoms with Crippen molar-refractivity contribution >= 4 is 17.5 Å². The summed E-state index contributed by atoms with van der Waals surface area (Å²) in [5.41, 5.74) is 0.0151. The number of hydrogen-bond donors (Lipinski definition) is 5. The third kappa shape index (κ3) is 2.52. The van der Waals surface area contributed by atoms with E-state index in [1.54, 1.807) is 38.1 Å². The molecule has 0 fully saturated rings. The molecule has 3 aliphatic carbocycles. The molecular formula is C24H28N2O7. The first kappa shape index (κ1) is 23.0. The van der Waals surface area contributed by atoms with Crippen LogP contribution in [-0.4, -0.2) is 68.0 Å². The summed E-state index contributed by atoms with van der Waals surface area (Å²) < 4.78 is 0. The van der Waals surface area contributed by atoms with Crippen LogP contribution in [0.15, 0.2) is 40.9 Å². The summed E-state index contributed by atoms with van der Waals surface area (Å²) >= 11 is 0. The molecule has 9 heteroatoms. The van der Waals surface area contributed by atoms with Crippen molar-refractivity contribution in [3.63, 3.8) is 0 Å². The van der Waals surface area contributed by atoms with E-state index in [4.69, 9.17) is 5.73 Å². The Morgan fingerprint density at radius 1 is 1.09 bits per heavy atom. The number of phenolic OH excluding ortho intramolecular Hbond substituents is 1. The minimum Gasteiger partial charge on any atom is -0.509 e. The number of aliphatic hydroxyl groups excluding tert-OH is 2. The van der Waals surface area contributed by atoms with Gasteiger partial charge in [-0.2, -0.15) is 0 Å². The number of carbonyl (C=O) groups is 3. The van der Waals surface area contributed by atoms with Crippen molar-refractivity contribution in [2.75, 3.05) is 14.1 Å². The van der Waals surface area contributed by atoms with Gasteiger partial charge in [-0.1, -0.05) is 26.0 Å². The lowest BCUT2D eigenvalue weighted by Crippen LogP contribution is -2.69. The van der Waals surface area contributed by atoms with Gasteiger partial charge in [-0.3, -0.25) is 19.3 Å². The van der Waals surface area contributed by atoms with Gasteiger partial charge in [-0.25, -0.2) is 0 Å². The van der Waals surface area contributed by atoms with Gasteiger partial charge in [0.15, 0.2) is 11.4 Å². The van der Waals surface area contributed by atoms with Gasteiger partial charge in [-0.15, -0.1) is 0 Å². The fourth-order valence-corrected chi connectivity index (χ4v) is 5.99. The van der Waals surface area contributed by atoms with E-state index in [9.17, 15) is 34.8 Å². The van der Waals surface area contributed by atoms with E-state index in [1.807, 2.05) is 13.8 Å². The quantitative estimate of drug-likeness (QED) is 0.415. The van der Waals surface area contributed by atoms with Crippen LogP contribution in [0.3, 0.4) is 0 Å². The molecule has 3 aliphatic rings. The molecule has 0 aliphatic heterocycles. The molecular weight excluding hydrogens is 428 g/mol. The van der Waals surface area contributed by atoms with Crippen LogP contribution in [0.2, 0.25) is 0 Å². The van der Waals surface area contributed by atoms with Crippen molar-refractivity contribution in [3.05, 3.63) is 52.0 Å². The maximum absolute atomic E-state index is 13.5. The van der Waals surface area contributed by atoms with Crippen LogP contribution in [0.25, 0.3) is 0 Å². The number of benzene rings is 1. The number of rotatable bonds is 2. The SMILES string of the molecule is CN(C)[C@]1(C)C(O)=C(C(N)=O)C(=O)[C@@]2(O)C(O)=C3C(=O)c4c(O)cccc4C(C)(C)C3CC21. The zero-order valence-corrected chi connectivity index (χ0v) is 19.1. The van der Waals surface area contributed by atoms with Gasteiger partial charge < -0.3 is 26.2 Å². The number of ketones is 2. The number of aromatic hydroxyl groups is 1. The predicted octanol–water partition coefficient (Wildman–Crippen LogP) is 1.25. The van der Waals surface area contributed by atoms with Gasteiger partial charge in [0.1, 0.15) is 22.8 Å². The molecule has 1 aromatic carbocycles. The monoisotopic (exact) mass is 456 g/mol. The number of amides is 1. The normalized spacial score (nSPS) is 33.1. The molecule has 0 aromatic heterocycles. The van der Waals surface area contributed by atoms with Gasteiger partial charge in [-0.05, 0) is 44.5 Å². The number of hydrogen-bond acceptors (Lipinski definition) is 8. The van der Waals surface area contributed by atoms with Gasteiger partial charge >= 0.3 is 0 Å². The summed E-state index contributed by atoms with van der Waals surface area (Å²) in [4.78, 5) is 40.5. The van der Waals surface area contributed by atoms with Crippen LogP contribution >= 0.6 is 0 Å². The smallest absolute Gasteiger partial charge is 0.255 e. The lowest BCUT2D eigenvalue weighted by Gasteiger charge is -2.57. The van der Waals surface area contributed by atoms with Crippen molar-refractivity contribution in [1.29, 1.82) is 0 Å². The van der Waals surface area contributed by atoms with E-state index >= 15 is 0 Å². The van der Waals surface area contributed by atoms with E-state index in [0.717, 1.165) is 0 Å². The summed E-state index contributed by atoms with van der Waals surface area (Å²) in [5, 5.41) is 44.6. The fourth-order valence-electron chi connectivity index (χ4n) is 5.99. The number of primary amides is 1. The number of aliphatic hydroxyl groups is 3. The van der Waals surface area contributed by atoms with Crippen molar-refractivity contribution in [2.45, 2.75) is 43.7 Å². The maximum Gasteiger partial charge on any atom is 0.255 e. The third-order valence-electron chi connectivity index (χ3n) is 8.16. The van der Waals surface area contributed by atoms with Crippen molar-refractivity contribution in [2.24, 2.45) is 17.6 Å². The number of phenols is 1. The molecule has 1 amide bonds. The summed E-state index contributed by atoms with van der Waals surface area (Å²) in [7, 11) is 3.21. The summed E-state index contributed by atoms with van der Waals surface area (Å²) in [6, 6.07) is 4.70. The molecule has 0 bridgehead atoms. The van der Waals surface area contributed by atoms with Gasteiger partial charge in [0, 0.05) is 17.4 Å². The Morgan fingerprint density at radius 2 is 1.70 bits per heavy atom. The van der Waals surface area contributed by atoms with E-state index in [1.165, 1.54) is 6.07 Å². The van der Waals surface area contributed by atoms with E-state index in [-0.39, 0.29) is 23.3 Å². The standard InChI is InChI=1S/C24H28N2O7/c1-22(2)10-7-6-8-12(27)14(10)17(28)15-11(22)9-13-23(3,26(4)5)18(29)16(21(25)32)20(31)24(13,33)19(15)30/h6-8,11,13,27,29-30,33H,9H2,1-5H3,(H2,25,32)/t11?,13?,23-,24-/m0/s1. The Hall–Kier alpha value is -3.17. The number of Topliss-reactive ketones (excluding diaryl/α,β-unsaturated/α-hetero) is 2. The molecule has 0 radical (unpaired) electrons. The summed E-state index contributed by atoms with van der Waals surface area (Å²) in [6.07, 6.45) is 0.0280. The molecule has 1 aromatic rings. The molecule has 33 heavy (non-hydrogen) atoms. The van der Waals surface area contributed by atoms with Gasteiger partial charge in [0.25, 0.3) is 5.91 Å². The Kier molecular flexibility index (Phi) is 4.65. The number of likely N-dealkylation sites (N-methyl/N-ethyl adjacent to an activating group) is 1. The first-order valence-corrected chi connectivity index (χ1v) is 10.6. The maximum atomic E-state index is 13.5. The van der Waals surface area contributed by atoms with Crippen LogP contribution in [0.5, 0.6) is 5.75 Å². The van der Waals surface area contributed by atoms with Crippen LogP contribution in [0, 0.1) is 11.8 Å². The van der Waals surface area contributed by atoms with E-state index in [0.29, 0.717) is 5.56 Å². The lowest BCUT2D eigenvalue weighted by atomic mass is 9.50. The Labute approximate surface area is 190 Å². The average Bonchev–Trinajstić information content (AvgIpc) is 2.72. The second-order valence-corrected chi connectivity index (χ2v) is 10.1. The average molecular weight is 456 g/mol. The minimum absolute atomic E-state index is 0.00510. The number of carbonyl (C=O) groups excluding carboxylic acids is 3. The molecule has 4 atom stereocenters. The fraction of sp³-hybridized carbons (Fsp3) is 0.458. The zero-order chi connectivity index (χ0) is 24.8. The van der Waals surface area contributed by atoms with Gasteiger partial charge in [0.2, 0.25) is 5.78 Å². The number of fused-ring (bicyclic) bond motifs is 3.